The number of rotatable bonds is 2. The van der Waals surface area contributed by atoms with Gasteiger partial charge in [0.25, 0.3) is 0 Å². The minimum Gasteiger partial charge on any atom is -0.507 e. The molecule has 1 aliphatic heterocycles. The zero-order chi connectivity index (χ0) is 17.4. The van der Waals surface area contributed by atoms with Crippen molar-refractivity contribution in [2.24, 2.45) is 0 Å². The highest BCUT2D eigenvalue weighted by Crippen LogP contribution is 2.32. The molecule has 1 N–H and O–H groups in total. The number of ether oxygens (including phenoxy) is 1. The van der Waals surface area contributed by atoms with E-state index in [4.69, 9.17) is 9.72 Å². The second-order valence-corrected chi connectivity index (χ2v) is 6.57. The summed E-state index contributed by atoms with van der Waals surface area (Å²) >= 11 is 0. The first-order valence-corrected chi connectivity index (χ1v) is 8.57. The fourth-order valence-electron chi connectivity index (χ4n) is 3.43. The zero-order valence-electron chi connectivity index (χ0n) is 14.4. The lowest BCUT2D eigenvalue weighted by molar-refractivity contribution is -0.00536. The van der Waals surface area contributed by atoms with Crippen LogP contribution in [0.5, 0.6) is 5.75 Å². The first-order valence-electron chi connectivity index (χ1n) is 8.57. The van der Waals surface area contributed by atoms with Crippen LogP contribution in [-0.2, 0) is 4.74 Å². The topological polar surface area (TPSA) is 58.5 Å². The van der Waals surface area contributed by atoms with E-state index in [0.29, 0.717) is 11.4 Å². The number of fused-ring (bicyclic) bond motifs is 1. The van der Waals surface area contributed by atoms with E-state index in [2.05, 4.69) is 23.7 Å². The van der Waals surface area contributed by atoms with Crippen LogP contribution in [0, 0.1) is 0 Å². The minimum atomic E-state index is 0.144. The van der Waals surface area contributed by atoms with Crippen molar-refractivity contribution >= 4 is 16.7 Å². The molecule has 0 aliphatic carbocycles. The van der Waals surface area contributed by atoms with E-state index in [9.17, 15) is 5.11 Å². The molecule has 0 amide bonds. The lowest BCUT2D eigenvalue weighted by atomic mass is 10.1. The van der Waals surface area contributed by atoms with Gasteiger partial charge in [-0.05, 0) is 38.1 Å². The molecule has 0 radical (unpaired) electrons. The summed E-state index contributed by atoms with van der Waals surface area (Å²) in [6, 6.07) is 15.2. The van der Waals surface area contributed by atoms with Gasteiger partial charge in [-0.2, -0.15) is 0 Å². The van der Waals surface area contributed by atoms with Crippen LogP contribution in [0.15, 0.2) is 48.5 Å². The average molecular weight is 335 g/mol. The summed E-state index contributed by atoms with van der Waals surface area (Å²) in [6.07, 6.45) is 0.289. The predicted octanol–water partition coefficient (Wildman–Crippen LogP) is 3.62. The Bertz CT molecular complexity index is 902. The van der Waals surface area contributed by atoms with Crippen LogP contribution in [0.3, 0.4) is 0 Å². The van der Waals surface area contributed by atoms with E-state index >= 15 is 0 Å². The molecule has 2 heterocycles. The van der Waals surface area contributed by atoms with Gasteiger partial charge in [0.05, 0.1) is 23.3 Å². The third kappa shape index (κ3) is 3.03. The molecule has 2 atom stereocenters. The normalized spacial score (nSPS) is 20.8. The molecule has 0 saturated carbocycles. The number of nitrogens with zero attached hydrogens (tertiary/aromatic N) is 3. The van der Waals surface area contributed by atoms with Crippen molar-refractivity contribution in [1.82, 2.24) is 9.97 Å². The van der Waals surface area contributed by atoms with Gasteiger partial charge in [0.1, 0.15) is 11.6 Å². The Labute approximate surface area is 146 Å². The lowest BCUT2D eigenvalue weighted by Gasteiger charge is -2.36. The molecule has 25 heavy (non-hydrogen) atoms. The fraction of sp³-hybridized carbons (Fsp3) is 0.300. The Morgan fingerprint density at radius 3 is 2.40 bits per heavy atom. The van der Waals surface area contributed by atoms with E-state index in [0.717, 1.165) is 29.8 Å². The maximum absolute atomic E-state index is 10.2. The van der Waals surface area contributed by atoms with Crippen molar-refractivity contribution in [2.45, 2.75) is 26.1 Å². The zero-order valence-corrected chi connectivity index (χ0v) is 14.4. The molecule has 3 aromatic rings. The number of phenols is 1. The molecule has 2 unspecified atom stereocenters. The SMILES string of the molecule is CC1CN(c2nc(-c3ccccc3O)nc3ccccc23)CC(C)O1. The highest BCUT2D eigenvalue weighted by Gasteiger charge is 2.25. The van der Waals surface area contributed by atoms with Crippen LogP contribution in [-0.4, -0.2) is 40.4 Å². The maximum Gasteiger partial charge on any atom is 0.165 e. The molecule has 1 aromatic heterocycles. The smallest absolute Gasteiger partial charge is 0.165 e. The highest BCUT2D eigenvalue weighted by atomic mass is 16.5. The van der Waals surface area contributed by atoms with Gasteiger partial charge < -0.3 is 14.7 Å². The van der Waals surface area contributed by atoms with E-state index in [-0.39, 0.29) is 18.0 Å². The van der Waals surface area contributed by atoms with E-state index < -0.39 is 0 Å². The second-order valence-electron chi connectivity index (χ2n) is 6.57. The molecular formula is C20H21N3O2. The maximum atomic E-state index is 10.2. The largest absolute Gasteiger partial charge is 0.507 e. The first kappa shape index (κ1) is 15.8. The monoisotopic (exact) mass is 335 g/mol. The summed E-state index contributed by atoms with van der Waals surface area (Å²) in [4.78, 5) is 11.8. The molecule has 5 nitrogen and oxygen atoms in total. The standard InChI is InChI=1S/C20H21N3O2/c1-13-11-23(12-14(2)25-13)20-15-7-3-5-9-17(15)21-19(22-20)16-8-4-6-10-18(16)24/h3-10,13-14,24H,11-12H2,1-2H3. The number of anilines is 1. The first-order chi connectivity index (χ1) is 12.1. The molecule has 128 valence electrons. The molecule has 1 aliphatic rings. The van der Waals surface area contributed by atoms with Gasteiger partial charge in [-0.15, -0.1) is 0 Å². The molecule has 0 spiro atoms. The van der Waals surface area contributed by atoms with Gasteiger partial charge in [-0.3, -0.25) is 0 Å². The van der Waals surface area contributed by atoms with Gasteiger partial charge >= 0.3 is 0 Å². The molecule has 0 bridgehead atoms. The van der Waals surface area contributed by atoms with Crippen LogP contribution in [0.2, 0.25) is 0 Å². The Kier molecular flexibility index (Phi) is 4.01. The third-order valence-corrected chi connectivity index (χ3v) is 4.45. The number of hydrogen-bond donors (Lipinski definition) is 1. The summed E-state index contributed by atoms with van der Waals surface area (Å²) in [5, 5.41) is 11.2. The quantitative estimate of drug-likeness (QED) is 0.775. The molecule has 2 aromatic carbocycles. The number of morpholine rings is 1. The Balaban J connectivity index is 1.89. The average Bonchev–Trinajstić information content (AvgIpc) is 2.60. The van der Waals surface area contributed by atoms with Gasteiger partial charge in [0.15, 0.2) is 5.82 Å². The number of para-hydroxylation sites is 2. The van der Waals surface area contributed by atoms with Crippen molar-refractivity contribution in [1.29, 1.82) is 0 Å². The summed E-state index contributed by atoms with van der Waals surface area (Å²) < 4.78 is 5.86. The van der Waals surface area contributed by atoms with Crippen LogP contribution in [0.1, 0.15) is 13.8 Å². The van der Waals surface area contributed by atoms with Crippen molar-refractivity contribution in [3.8, 4) is 17.1 Å². The van der Waals surface area contributed by atoms with Gasteiger partial charge in [-0.25, -0.2) is 9.97 Å². The van der Waals surface area contributed by atoms with Crippen molar-refractivity contribution in [2.75, 3.05) is 18.0 Å². The summed E-state index contributed by atoms with van der Waals surface area (Å²) in [5.74, 6) is 1.62. The number of hydrogen-bond acceptors (Lipinski definition) is 5. The number of phenolic OH excluding ortho intramolecular Hbond substituents is 1. The molecule has 5 heteroatoms. The molecular weight excluding hydrogens is 314 g/mol. The van der Waals surface area contributed by atoms with E-state index in [1.165, 1.54) is 0 Å². The van der Waals surface area contributed by atoms with E-state index in [1.807, 2.05) is 36.4 Å². The van der Waals surface area contributed by atoms with Crippen LogP contribution in [0.25, 0.3) is 22.3 Å². The Morgan fingerprint density at radius 1 is 0.960 bits per heavy atom. The number of aromatic hydroxyl groups is 1. The third-order valence-electron chi connectivity index (χ3n) is 4.45. The molecule has 1 fully saturated rings. The Morgan fingerprint density at radius 2 is 1.64 bits per heavy atom. The number of benzene rings is 2. The second kappa shape index (κ2) is 6.33. The summed E-state index contributed by atoms with van der Waals surface area (Å²) in [5.41, 5.74) is 1.52. The van der Waals surface area contributed by atoms with Crippen LogP contribution in [0.4, 0.5) is 5.82 Å². The fourth-order valence-corrected chi connectivity index (χ4v) is 3.43. The van der Waals surface area contributed by atoms with Gasteiger partial charge in [-0.1, -0.05) is 24.3 Å². The van der Waals surface area contributed by atoms with Crippen molar-refractivity contribution < 1.29 is 9.84 Å². The van der Waals surface area contributed by atoms with Crippen molar-refractivity contribution in [3.63, 3.8) is 0 Å². The number of aromatic nitrogens is 2. The summed E-state index contributed by atoms with van der Waals surface area (Å²) in [7, 11) is 0. The minimum absolute atomic E-state index is 0.144. The molecule has 4 rings (SSSR count). The predicted molar refractivity (Wildman–Crippen MR) is 98.9 cm³/mol. The van der Waals surface area contributed by atoms with Crippen LogP contribution < -0.4 is 4.90 Å². The summed E-state index contributed by atoms with van der Waals surface area (Å²) in [6.45, 7) is 5.73. The van der Waals surface area contributed by atoms with Crippen LogP contribution >= 0.6 is 0 Å². The lowest BCUT2D eigenvalue weighted by Crippen LogP contribution is -2.46. The van der Waals surface area contributed by atoms with E-state index in [1.54, 1.807) is 12.1 Å². The highest BCUT2D eigenvalue weighted by molar-refractivity contribution is 5.91. The Hall–Kier alpha value is -2.66. The van der Waals surface area contributed by atoms with Crippen molar-refractivity contribution in [3.05, 3.63) is 48.5 Å². The molecule has 1 saturated heterocycles. The van der Waals surface area contributed by atoms with Gasteiger partial charge in [0, 0.05) is 18.5 Å². The van der Waals surface area contributed by atoms with Gasteiger partial charge in [0.2, 0.25) is 0 Å².